The lowest BCUT2D eigenvalue weighted by molar-refractivity contribution is -0.132. The monoisotopic (exact) mass is 306 g/mol. The van der Waals surface area contributed by atoms with E-state index in [9.17, 15) is 9.18 Å². The van der Waals surface area contributed by atoms with Gasteiger partial charge in [-0.05, 0) is 26.1 Å². The van der Waals surface area contributed by atoms with E-state index in [1.54, 1.807) is 6.07 Å². The van der Waals surface area contributed by atoms with Crippen LogP contribution in [-0.2, 0) is 16.1 Å². The Bertz CT molecular complexity index is 700. The Morgan fingerprint density at radius 1 is 1.55 bits per heavy atom. The Kier molecular flexibility index (Phi) is 4.08. The summed E-state index contributed by atoms with van der Waals surface area (Å²) in [6, 6.07) is 4.42. The van der Waals surface area contributed by atoms with Crippen LogP contribution in [0.15, 0.2) is 18.2 Å². The van der Waals surface area contributed by atoms with Gasteiger partial charge in [0.1, 0.15) is 11.9 Å². The molecule has 1 amide bonds. The lowest BCUT2D eigenvalue weighted by atomic mass is 10.2. The van der Waals surface area contributed by atoms with Crippen molar-refractivity contribution in [2.24, 2.45) is 0 Å². The van der Waals surface area contributed by atoms with Crippen LogP contribution in [0.1, 0.15) is 6.92 Å². The van der Waals surface area contributed by atoms with Crippen molar-refractivity contribution in [2.75, 3.05) is 32.1 Å². The highest BCUT2D eigenvalue weighted by Gasteiger charge is 2.26. The minimum Gasteiger partial charge on any atom is -0.366 e. The second-order valence-electron chi connectivity index (χ2n) is 5.42. The zero-order valence-corrected chi connectivity index (χ0v) is 12.7. The standard InChI is InChI=1S/C15H19FN4O2/c1-3-20-12-5-4-10(16)8-11(12)17-15(20)18-14(21)13-9-19(2)6-7-22-13/h4-5,8,13H,3,6-7,9H2,1-2H3,(H,17,18,21). The van der Waals surface area contributed by atoms with Gasteiger partial charge in [0.15, 0.2) is 0 Å². The van der Waals surface area contributed by atoms with Gasteiger partial charge >= 0.3 is 0 Å². The third kappa shape index (κ3) is 2.82. The topological polar surface area (TPSA) is 59.4 Å². The van der Waals surface area contributed by atoms with Crippen molar-refractivity contribution in [1.82, 2.24) is 14.5 Å². The van der Waals surface area contributed by atoms with Crippen LogP contribution in [0.3, 0.4) is 0 Å². The maximum Gasteiger partial charge on any atom is 0.257 e. The minimum atomic E-state index is -0.513. The first-order valence-corrected chi connectivity index (χ1v) is 7.35. The number of morpholine rings is 1. The molecule has 7 heteroatoms. The molecule has 0 radical (unpaired) electrons. The Morgan fingerprint density at radius 2 is 2.36 bits per heavy atom. The molecule has 1 saturated heterocycles. The zero-order valence-electron chi connectivity index (χ0n) is 12.7. The molecule has 1 aliphatic rings. The van der Waals surface area contributed by atoms with Crippen molar-refractivity contribution in [3.63, 3.8) is 0 Å². The summed E-state index contributed by atoms with van der Waals surface area (Å²) < 4.78 is 20.7. The van der Waals surface area contributed by atoms with Crippen LogP contribution < -0.4 is 5.32 Å². The van der Waals surface area contributed by atoms with Crippen LogP contribution in [0.2, 0.25) is 0 Å². The van der Waals surface area contributed by atoms with Gasteiger partial charge in [0.25, 0.3) is 5.91 Å². The van der Waals surface area contributed by atoms with Crippen molar-refractivity contribution in [1.29, 1.82) is 0 Å². The molecule has 0 aliphatic carbocycles. The van der Waals surface area contributed by atoms with Gasteiger partial charge < -0.3 is 14.2 Å². The van der Waals surface area contributed by atoms with E-state index in [2.05, 4.69) is 10.3 Å². The molecule has 3 rings (SSSR count). The first kappa shape index (κ1) is 14.9. The average Bonchev–Trinajstić information content (AvgIpc) is 2.83. The Balaban J connectivity index is 1.85. The molecule has 0 bridgehead atoms. The molecule has 22 heavy (non-hydrogen) atoms. The van der Waals surface area contributed by atoms with Crippen molar-refractivity contribution in [2.45, 2.75) is 19.6 Å². The fourth-order valence-electron chi connectivity index (χ4n) is 2.65. The van der Waals surface area contributed by atoms with Crippen molar-refractivity contribution >= 4 is 22.9 Å². The van der Waals surface area contributed by atoms with E-state index >= 15 is 0 Å². The Hall–Kier alpha value is -1.99. The summed E-state index contributed by atoms with van der Waals surface area (Å²) in [6.45, 7) is 4.47. The zero-order chi connectivity index (χ0) is 15.7. The highest BCUT2D eigenvalue weighted by molar-refractivity contribution is 5.94. The van der Waals surface area contributed by atoms with Crippen molar-refractivity contribution in [3.05, 3.63) is 24.0 Å². The number of fused-ring (bicyclic) bond motifs is 1. The molecule has 2 aromatic rings. The van der Waals surface area contributed by atoms with E-state index in [1.165, 1.54) is 12.1 Å². The number of ether oxygens (including phenoxy) is 1. The predicted octanol–water partition coefficient (Wildman–Crippen LogP) is 1.46. The molecular formula is C15H19FN4O2. The third-order valence-corrected chi connectivity index (χ3v) is 3.82. The van der Waals surface area contributed by atoms with Gasteiger partial charge in [0, 0.05) is 25.7 Å². The normalized spacial score (nSPS) is 19.5. The molecule has 0 spiro atoms. The number of anilines is 1. The second kappa shape index (κ2) is 6.02. The quantitative estimate of drug-likeness (QED) is 0.933. The second-order valence-corrected chi connectivity index (χ2v) is 5.42. The average molecular weight is 306 g/mol. The van der Waals surface area contributed by atoms with Crippen LogP contribution in [0.4, 0.5) is 10.3 Å². The highest BCUT2D eigenvalue weighted by atomic mass is 19.1. The highest BCUT2D eigenvalue weighted by Crippen LogP contribution is 2.21. The molecule has 1 aromatic carbocycles. The SMILES string of the molecule is CCn1c(NC(=O)C2CN(C)CCO2)nc2cc(F)ccc21. The number of imidazole rings is 1. The molecule has 1 N–H and O–H groups in total. The maximum atomic E-state index is 13.3. The number of carbonyl (C=O) groups excluding carboxylic acids is 1. The number of rotatable bonds is 3. The van der Waals surface area contributed by atoms with Crippen LogP contribution in [-0.4, -0.2) is 53.2 Å². The van der Waals surface area contributed by atoms with Crippen LogP contribution in [0.25, 0.3) is 11.0 Å². The lowest BCUT2D eigenvalue weighted by Gasteiger charge is -2.28. The summed E-state index contributed by atoms with van der Waals surface area (Å²) in [6.07, 6.45) is -0.513. The predicted molar refractivity (Wildman–Crippen MR) is 81.2 cm³/mol. The number of amides is 1. The Labute approximate surface area is 127 Å². The van der Waals surface area contributed by atoms with E-state index in [4.69, 9.17) is 4.74 Å². The number of aryl methyl sites for hydroxylation is 1. The molecule has 1 unspecified atom stereocenters. The molecule has 1 atom stereocenters. The molecular weight excluding hydrogens is 287 g/mol. The molecule has 6 nitrogen and oxygen atoms in total. The molecule has 1 aromatic heterocycles. The van der Waals surface area contributed by atoms with Crippen LogP contribution in [0, 0.1) is 5.82 Å². The maximum absolute atomic E-state index is 13.3. The summed E-state index contributed by atoms with van der Waals surface area (Å²) >= 11 is 0. The number of aromatic nitrogens is 2. The van der Waals surface area contributed by atoms with E-state index in [1.807, 2.05) is 23.4 Å². The number of nitrogens with zero attached hydrogens (tertiary/aromatic N) is 3. The number of hydrogen-bond donors (Lipinski definition) is 1. The van der Waals surface area contributed by atoms with E-state index < -0.39 is 6.10 Å². The van der Waals surface area contributed by atoms with E-state index in [0.717, 1.165) is 12.1 Å². The van der Waals surface area contributed by atoms with Gasteiger partial charge in [-0.1, -0.05) is 0 Å². The largest absolute Gasteiger partial charge is 0.366 e. The number of benzene rings is 1. The molecule has 1 fully saturated rings. The van der Waals surface area contributed by atoms with E-state index in [0.29, 0.717) is 31.2 Å². The van der Waals surface area contributed by atoms with Gasteiger partial charge in [-0.3, -0.25) is 10.1 Å². The van der Waals surface area contributed by atoms with Crippen LogP contribution in [0.5, 0.6) is 0 Å². The first-order chi connectivity index (χ1) is 10.6. The number of nitrogens with one attached hydrogen (secondary N) is 1. The number of halogens is 1. The number of likely N-dealkylation sites (N-methyl/N-ethyl adjacent to an activating group) is 1. The van der Waals surface area contributed by atoms with Crippen LogP contribution >= 0.6 is 0 Å². The first-order valence-electron chi connectivity index (χ1n) is 7.35. The Morgan fingerprint density at radius 3 is 3.09 bits per heavy atom. The molecule has 118 valence electrons. The summed E-state index contributed by atoms with van der Waals surface area (Å²) in [5.74, 6) is -0.148. The van der Waals surface area contributed by atoms with Gasteiger partial charge in [0.05, 0.1) is 17.6 Å². The molecule has 2 heterocycles. The fourth-order valence-corrected chi connectivity index (χ4v) is 2.65. The van der Waals surface area contributed by atoms with Crippen molar-refractivity contribution in [3.8, 4) is 0 Å². The van der Waals surface area contributed by atoms with Gasteiger partial charge in [-0.25, -0.2) is 9.37 Å². The summed E-state index contributed by atoms with van der Waals surface area (Å²) in [5, 5.41) is 2.80. The van der Waals surface area contributed by atoms with Gasteiger partial charge in [-0.15, -0.1) is 0 Å². The summed E-state index contributed by atoms with van der Waals surface area (Å²) in [4.78, 5) is 18.7. The van der Waals surface area contributed by atoms with Crippen molar-refractivity contribution < 1.29 is 13.9 Å². The third-order valence-electron chi connectivity index (χ3n) is 3.82. The number of carbonyl (C=O) groups is 1. The number of hydrogen-bond acceptors (Lipinski definition) is 4. The fraction of sp³-hybridized carbons (Fsp3) is 0.467. The van der Waals surface area contributed by atoms with Gasteiger partial charge in [-0.2, -0.15) is 0 Å². The summed E-state index contributed by atoms with van der Waals surface area (Å²) in [5.41, 5.74) is 1.32. The minimum absolute atomic E-state index is 0.225. The van der Waals surface area contributed by atoms with Gasteiger partial charge in [0.2, 0.25) is 5.95 Å². The molecule has 0 saturated carbocycles. The lowest BCUT2D eigenvalue weighted by Crippen LogP contribution is -2.46. The molecule has 1 aliphatic heterocycles. The van der Waals surface area contributed by atoms with E-state index in [-0.39, 0.29) is 11.7 Å². The smallest absolute Gasteiger partial charge is 0.257 e. The summed E-state index contributed by atoms with van der Waals surface area (Å²) in [7, 11) is 1.95.